The highest BCUT2D eigenvalue weighted by molar-refractivity contribution is 4.50. The van der Waals surface area contributed by atoms with Crippen molar-refractivity contribution in [2.45, 2.75) is 59.0 Å². The summed E-state index contributed by atoms with van der Waals surface area (Å²) in [5, 5.41) is 3.40. The predicted molar refractivity (Wildman–Crippen MR) is 62.7 cm³/mol. The molecule has 0 aliphatic rings. The molecule has 2 heteroatoms. The van der Waals surface area contributed by atoms with Crippen molar-refractivity contribution in [2.75, 3.05) is 19.7 Å². The molecule has 0 aliphatic carbocycles. The van der Waals surface area contributed by atoms with Gasteiger partial charge in [0.1, 0.15) is 0 Å². The number of hydrogen-bond acceptors (Lipinski definition) is 2. The van der Waals surface area contributed by atoms with Crippen LogP contribution in [-0.2, 0) is 4.74 Å². The first-order valence-electron chi connectivity index (χ1n) is 6.13. The Morgan fingerprint density at radius 2 is 1.86 bits per heavy atom. The lowest BCUT2D eigenvalue weighted by Gasteiger charge is -2.10. The summed E-state index contributed by atoms with van der Waals surface area (Å²) in [7, 11) is 0. The molecule has 0 spiro atoms. The molecule has 0 amide bonds. The third kappa shape index (κ3) is 10.0. The van der Waals surface area contributed by atoms with Crippen LogP contribution in [0.3, 0.4) is 0 Å². The summed E-state index contributed by atoms with van der Waals surface area (Å²) in [6.45, 7) is 9.51. The smallest absolute Gasteiger partial charge is 0.0594 e. The number of ether oxygens (including phenoxy) is 1. The molecule has 0 radical (unpaired) electrons. The highest BCUT2D eigenvalue weighted by Gasteiger charge is 1.96. The number of rotatable bonds is 10. The minimum Gasteiger partial charge on any atom is -0.377 e. The minimum absolute atomic E-state index is 0.414. The van der Waals surface area contributed by atoms with Crippen LogP contribution in [0.2, 0.25) is 0 Å². The van der Waals surface area contributed by atoms with E-state index < -0.39 is 0 Å². The van der Waals surface area contributed by atoms with E-state index in [1.54, 1.807) is 0 Å². The summed E-state index contributed by atoms with van der Waals surface area (Å²) in [6.07, 6.45) is 6.86. The first-order chi connectivity index (χ1) is 6.81. The van der Waals surface area contributed by atoms with Gasteiger partial charge in [-0.3, -0.25) is 0 Å². The number of nitrogens with one attached hydrogen (secondary N) is 1. The van der Waals surface area contributed by atoms with E-state index in [0.717, 1.165) is 26.1 Å². The Morgan fingerprint density at radius 1 is 1.07 bits per heavy atom. The van der Waals surface area contributed by atoms with E-state index in [4.69, 9.17) is 4.74 Å². The molecule has 0 bridgehead atoms. The van der Waals surface area contributed by atoms with Gasteiger partial charge < -0.3 is 10.1 Å². The zero-order chi connectivity index (χ0) is 10.6. The van der Waals surface area contributed by atoms with Crippen molar-refractivity contribution in [1.29, 1.82) is 0 Å². The van der Waals surface area contributed by atoms with Crippen molar-refractivity contribution in [2.24, 2.45) is 0 Å². The van der Waals surface area contributed by atoms with Gasteiger partial charge in [0.05, 0.1) is 12.7 Å². The fraction of sp³-hybridized carbons (Fsp3) is 1.00. The van der Waals surface area contributed by atoms with Gasteiger partial charge >= 0.3 is 0 Å². The van der Waals surface area contributed by atoms with Crippen LogP contribution in [-0.4, -0.2) is 25.8 Å². The van der Waals surface area contributed by atoms with Gasteiger partial charge in [0, 0.05) is 6.54 Å². The van der Waals surface area contributed by atoms with E-state index in [2.05, 4.69) is 26.1 Å². The maximum absolute atomic E-state index is 5.56. The first kappa shape index (κ1) is 13.9. The van der Waals surface area contributed by atoms with Crippen LogP contribution < -0.4 is 5.32 Å². The standard InChI is InChI=1S/C12H27NO/c1-4-6-7-8-9-13-10-11-14-12(3)5-2/h12-13H,4-11H2,1-3H3. The second-order valence-corrected chi connectivity index (χ2v) is 3.90. The molecule has 2 nitrogen and oxygen atoms in total. The van der Waals surface area contributed by atoms with Gasteiger partial charge in [-0.1, -0.05) is 33.1 Å². The molecule has 0 rings (SSSR count). The lowest BCUT2D eigenvalue weighted by atomic mass is 10.2. The maximum Gasteiger partial charge on any atom is 0.0594 e. The summed E-state index contributed by atoms with van der Waals surface area (Å²) in [5.41, 5.74) is 0. The van der Waals surface area contributed by atoms with E-state index in [1.807, 2.05) is 0 Å². The third-order valence-corrected chi connectivity index (χ3v) is 2.46. The van der Waals surface area contributed by atoms with E-state index in [0.29, 0.717) is 6.10 Å². The SMILES string of the molecule is CCCCCCNCCOC(C)CC. The molecule has 0 heterocycles. The van der Waals surface area contributed by atoms with Crippen LogP contribution in [0.15, 0.2) is 0 Å². The van der Waals surface area contributed by atoms with Crippen LogP contribution in [0.1, 0.15) is 52.9 Å². The van der Waals surface area contributed by atoms with Crippen LogP contribution in [0.25, 0.3) is 0 Å². The molecule has 1 N–H and O–H groups in total. The predicted octanol–water partition coefficient (Wildman–Crippen LogP) is 2.97. The lowest BCUT2D eigenvalue weighted by molar-refractivity contribution is 0.0656. The number of unbranched alkanes of at least 4 members (excludes halogenated alkanes) is 3. The Bertz CT molecular complexity index is 106. The van der Waals surface area contributed by atoms with Crippen LogP contribution in [0.4, 0.5) is 0 Å². The zero-order valence-electron chi connectivity index (χ0n) is 10.1. The maximum atomic E-state index is 5.56. The van der Waals surface area contributed by atoms with E-state index >= 15 is 0 Å². The van der Waals surface area contributed by atoms with Gasteiger partial charge in [0.15, 0.2) is 0 Å². The van der Waals surface area contributed by atoms with Crippen molar-refractivity contribution in [3.8, 4) is 0 Å². The molecule has 0 aliphatic heterocycles. The Hall–Kier alpha value is -0.0800. The summed E-state index contributed by atoms with van der Waals surface area (Å²) < 4.78 is 5.56. The van der Waals surface area contributed by atoms with Gasteiger partial charge in [-0.2, -0.15) is 0 Å². The quantitative estimate of drug-likeness (QED) is 0.549. The second-order valence-electron chi connectivity index (χ2n) is 3.90. The normalized spacial score (nSPS) is 13.1. The van der Waals surface area contributed by atoms with Crippen molar-refractivity contribution in [1.82, 2.24) is 5.32 Å². The van der Waals surface area contributed by atoms with E-state index in [9.17, 15) is 0 Å². The molecule has 0 saturated carbocycles. The van der Waals surface area contributed by atoms with Gasteiger partial charge in [-0.05, 0) is 26.3 Å². The van der Waals surface area contributed by atoms with E-state index in [1.165, 1.54) is 25.7 Å². The summed E-state index contributed by atoms with van der Waals surface area (Å²) in [5.74, 6) is 0. The van der Waals surface area contributed by atoms with Gasteiger partial charge in [0.25, 0.3) is 0 Å². The molecule has 1 unspecified atom stereocenters. The van der Waals surface area contributed by atoms with Crippen molar-refractivity contribution in [3.63, 3.8) is 0 Å². The highest BCUT2D eigenvalue weighted by atomic mass is 16.5. The fourth-order valence-electron chi connectivity index (χ4n) is 1.25. The van der Waals surface area contributed by atoms with Crippen molar-refractivity contribution in [3.05, 3.63) is 0 Å². The Kier molecular flexibility index (Phi) is 10.9. The van der Waals surface area contributed by atoms with Gasteiger partial charge in [0.2, 0.25) is 0 Å². The summed E-state index contributed by atoms with van der Waals surface area (Å²) in [4.78, 5) is 0. The molecular weight excluding hydrogens is 174 g/mol. The Morgan fingerprint density at radius 3 is 2.50 bits per heavy atom. The highest BCUT2D eigenvalue weighted by Crippen LogP contribution is 1.97. The average Bonchev–Trinajstić information content (AvgIpc) is 2.21. The van der Waals surface area contributed by atoms with E-state index in [-0.39, 0.29) is 0 Å². The van der Waals surface area contributed by atoms with Crippen LogP contribution >= 0.6 is 0 Å². The van der Waals surface area contributed by atoms with Gasteiger partial charge in [-0.25, -0.2) is 0 Å². The molecule has 0 aromatic heterocycles. The second kappa shape index (κ2) is 11.0. The average molecular weight is 201 g/mol. The van der Waals surface area contributed by atoms with Crippen molar-refractivity contribution < 1.29 is 4.74 Å². The van der Waals surface area contributed by atoms with Crippen molar-refractivity contribution >= 4 is 0 Å². The molecule has 0 saturated heterocycles. The Balaban J connectivity index is 2.92. The monoisotopic (exact) mass is 201 g/mol. The fourth-order valence-corrected chi connectivity index (χ4v) is 1.25. The Labute approximate surface area is 89.4 Å². The minimum atomic E-state index is 0.414. The molecule has 0 aromatic rings. The molecule has 0 fully saturated rings. The molecule has 1 atom stereocenters. The summed E-state index contributed by atoms with van der Waals surface area (Å²) in [6, 6.07) is 0. The topological polar surface area (TPSA) is 21.3 Å². The third-order valence-electron chi connectivity index (χ3n) is 2.46. The van der Waals surface area contributed by atoms with Crippen LogP contribution in [0, 0.1) is 0 Å². The molecular formula is C12H27NO. The largest absolute Gasteiger partial charge is 0.377 e. The number of hydrogen-bond donors (Lipinski definition) is 1. The molecule has 0 aromatic carbocycles. The molecule has 86 valence electrons. The zero-order valence-corrected chi connectivity index (χ0v) is 10.1. The van der Waals surface area contributed by atoms with Gasteiger partial charge in [-0.15, -0.1) is 0 Å². The summed E-state index contributed by atoms with van der Waals surface area (Å²) >= 11 is 0. The lowest BCUT2D eigenvalue weighted by Crippen LogP contribution is -2.22. The molecule has 14 heavy (non-hydrogen) atoms. The van der Waals surface area contributed by atoms with Crippen LogP contribution in [0.5, 0.6) is 0 Å². The first-order valence-corrected chi connectivity index (χ1v) is 6.13.